The summed E-state index contributed by atoms with van der Waals surface area (Å²) in [4.78, 5) is 17.0. The minimum Gasteiger partial charge on any atom is -0.432 e. The highest BCUT2D eigenvalue weighted by molar-refractivity contribution is 5.79. The van der Waals surface area contributed by atoms with Crippen LogP contribution in [0.25, 0.3) is 0 Å². The third kappa shape index (κ3) is 1.71. The third-order valence-electron chi connectivity index (χ3n) is 2.29. The number of hydrogen-bond acceptors (Lipinski definition) is 4. The number of hydrogen-bond donors (Lipinski definition) is 1. The molecule has 2 rings (SSSR count). The van der Waals surface area contributed by atoms with E-state index in [4.69, 9.17) is 4.42 Å². The number of nitrogens with zero attached hydrogens (tertiary/aromatic N) is 2. The number of likely N-dealkylation sites (N-methyl/N-ethyl adjacent to an activating group) is 1. The lowest BCUT2D eigenvalue weighted by molar-refractivity contribution is -0.126. The van der Waals surface area contributed by atoms with E-state index in [-0.39, 0.29) is 11.9 Å². The van der Waals surface area contributed by atoms with E-state index < -0.39 is 0 Å². The Hall–Kier alpha value is -1.52. The van der Waals surface area contributed by atoms with Crippen molar-refractivity contribution in [2.24, 2.45) is 0 Å². The molecule has 0 spiro atoms. The fourth-order valence-corrected chi connectivity index (χ4v) is 1.56. The third-order valence-corrected chi connectivity index (χ3v) is 2.29. The number of carbonyl (C=O) groups is 1. The van der Waals surface area contributed by atoms with Gasteiger partial charge in [0, 0.05) is 20.0 Å². The predicted octanol–water partition coefficient (Wildman–Crippen LogP) is 0.626. The van der Waals surface area contributed by atoms with Crippen molar-refractivity contribution in [2.75, 3.05) is 18.9 Å². The highest BCUT2D eigenvalue weighted by Gasteiger charge is 2.27. The van der Waals surface area contributed by atoms with Crippen LogP contribution in [-0.2, 0) is 4.79 Å². The number of amides is 1. The van der Waals surface area contributed by atoms with Crippen LogP contribution >= 0.6 is 0 Å². The molecule has 0 aromatic carbocycles. The topological polar surface area (TPSA) is 58.4 Å². The summed E-state index contributed by atoms with van der Waals surface area (Å²) in [6.45, 7) is 2.57. The number of likely N-dealkylation sites (tertiary alicyclic amines) is 1. The van der Waals surface area contributed by atoms with E-state index in [1.54, 1.807) is 18.2 Å². The maximum atomic E-state index is 11.2. The molecule has 5 heteroatoms. The van der Waals surface area contributed by atoms with E-state index >= 15 is 0 Å². The number of carbonyl (C=O) groups excluding carboxylic acids is 1. The molecule has 1 unspecified atom stereocenters. The zero-order valence-corrected chi connectivity index (χ0v) is 8.28. The van der Waals surface area contributed by atoms with Gasteiger partial charge in [0.2, 0.25) is 5.91 Å². The molecule has 0 radical (unpaired) electrons. The van der Waals surface area contributed by atoms with Gasteiger partial charge in [0.1, 0.15) is 6.26 Å². The van der Waals surface area contributed by atoms with Crippen molar-refractivity contribution in [1.82, 2.24) is 9.88 Å². The first kappa shape index (κ1) is 9.05. The number of aromatic nitrogens is 1. The molecule has 0 aliphatic carbocycles. The first-order valence-electron chi connectivity index (χ1n) is 4.58. The number of nitrogens with one attached hydrogen (secondary N) is 1. The molecule has 1 atom stereocenters. The lowest BCUT2D eigenvalue weighted by atomic mass is 10.3. The van der Waals surface area contributed by atoms with E-state index in [1.165, 1.54) is 0 Å². The largest absolute Gasteiger partial charge is 0.432 e. The molecule has 2 heterocycles. The molecule has 1 saturated heterocycles. The van der Waals surface area contributed by atoms with E-state index in [1.807, 2.05) is 6.92 Å². The SMILES string of the molecule is Cc1coc(NC2CC(=O)N(C)C2)n1. The molecule has 1 aromatic heterocycles. The van der Waals surface area contributed by atoms with E-state index in [0.29, 0.717) is 19.0 Å². The van der Waals surface area contributed by atoms with Gasteiger partial charge in [-0.15, -0.1) is 0 Å². The second-order valence-corrected chi connectivity index (χ2v) is 3.61. The van der Waals surface area contributed by atoms with Gasteiger partial charge in [-0.2, -0.15) is 4.98 Å². The van der Waals surface area contributed by atoms with Crippen LogP contribution in [-0.4, -0.2) is 35.4 Å². The van der Waals surface area contributed by atoms with Crippen LogP contribution in [0.15, 0.2) is 10.7 Å². The standard InChI is InChI=1S/C9H13N3O2/c1-6-5-14-9(10-6)11-7-3-8(13)12(2)4-7/h5,7H,3-4H2,1-2H3,(H,10,11). The summed E-state index contributed by atoms with van der Waals surface area (Å²) in [6.07, 6.45) is 2.10. The van der Waals surface area contributed by atoms with E-state index in [9.17, 15) is 4.79 Å². The monoisotopic (exact) mass is 195 g/mol. The predicted molar refractivity (Wildman–Crippen MR) is 50.9 cm³/mol. The number of rotatable bonds is 2. The van der Waals surface area contributed by atoms with Crippen molar-refractivity contribution in [3.8, 4) is 0 Å². The smallest absolute Gasteiger partial charge is 0.295 e. The summed E-state index contributed by atoms with van der Waals surface area (Å²) < 4.78 is 5.14. The van der Waals surface area contributed by atoms with Gasteiger partial charge in [-0.05, 0) is 6.92 Å². The van der Waals surface area contributed by atoms with Crippen LogP contribution < -0.4 is 5.32 Å². The summed E-state index contributed by atoms with van der Waals surface area (Å²) in [5.41, 5.74) is 0.838. The Kier molecular flexibility index (Phi) is 2.15. The molecule has 1 aliphatic heterocycles. The van der Waals surface area contributed by atoms with Gasteiger partial charge in [0.15, 0.2) is 0 Å². The maximum absolute atomic E-state index is 11.2. The van der Waals surface area contributed by atoms with Crippen LogP contribution in [0.4, 0.5) is 6.01 Å². The first-order chi connectivity index (χ1) is 6.65. The molecule has 5 nitrogen and oxygen atoms in total. The molecule has 1 N–H and O–H groups in total. The maximum Gasteiger partial charge on any atom is 0.295 e. The van der Waals surface area contributed by atoms with Gasteiger partial charge in [0.25, 0.3) is 6.01 Å². The Labute approximate surface area is 82.1 Å². The Morgan fingerprint density at radius 1 is 1.71 bits per heavy atom. The zero-order valence-electron chi connectivity index (χ0n) is 8.28. The van der Waals surface area contributed by atoms with Crippen molar-refractivity contribution in [2.45, 2.75) is 19.4 Å². The van der Waals surface area contributed by atoms with Crippen molar-refractivity contribution >= 4 is 11.9 Å². The molecule has 1 amide bonds. The molecule has 1 fully saturated rings. The van der Waals surface area contributed by atoms with Crippen molar-refractivity contribution in [3.05, 3.63) is 12.0 Å². The second kappa shape index (κ2) is 3.32. The quantitative estimate of drug-likeness (QED) is 0.751. The average molecular weight is 195 g/mol. The number of anilines is 1. The Morgan fingerprint density at radius 3 is 3.00 bits per heavy atom. The minimum absolute atomic E-state index is 0.116. The lowest BCUT2D eigenvalue weighted by Gasteiger charge is -2.09. The van der Waals surface area contributed by atoms with Gasteiger partial charge in [-0.1, -0.05) is 0 Å². The summed E-state index contributed by atoms with van der Waals surface area (Å²) in [7, 11) is 1.80. The van der Waals surface area contributed by atoms with Crippen molar-refractivity contribution in [3.63, 3.8) is 0 Å². The molecule has 76 valence electrons. The molecule has 0 bridgehead atoms. The fourth-order valence-electron chi connectivity index (χ4n) is 1.56. The molecular weight excluding hydrogens is 182 g/mol. The Bertz CT molecular complexity index is 348. The van der Waals surface area contributed by atoms with Gasteiger partial charge >= 0.3 is 0 Å². The fraction of sp³-hybridized carbons (Fsp3) is 0.556. The summed E-state index contributed by atoms with van der Waals surface area (Å²) >= 11 is 0. The zero-order chi connectivity index (χ0) is 10.1. The average Bonchev–Trinajstić information content (AvgIpc) is 2.62. The summed E-state index contributed by atoms with van der Waals surface area (Å²) in [6, 6.07) is 0.612. The Balaban J connectivity index is 1.96. The van der Waals surface area contributed by atoms with Crippen LogP contribution in [0.1, 0.15) is 12.1 Å². The van der Waals surface area contributed by atoms with Crippen LogP contribution in [0.2, 0.25) is 0 Å². The van der Waals surface area contributed by atoms with Crippen LogP contribution in [0.3, 0.4) is 0 Å². The lowest BCUT2D eigenvalue weighted by Crippen LogP contribution is -2.24. The molecule has 14 heavy (non-hydrogen) atoms. The van der Waals surface area contributed by atoms with Gasteiger partial charge < -0.3 is 14.6 Å². The number of aryl methyl sites for hydroxylation is 1. The van der Waals surface area contributed by atoms with Gasteiger partial charge in [0.05, 0.1) is 11.7 Å². The van der Waals surface area contributed by atoms with E-state index in [0.717, 1.165) is 5.69 Å². The van der Waals surface area contributed by atoms with Gasteiger partial charge in [-0.25, -0.2) is 0 Å². The molecule has 1 aromatic rings. The highest BCUT2D eigenvalue weighted by Crippen LogP contribution is 2.14. The van der Waals surface area contributed by atoms with Crippen LogP contribution in [0, 0.1) is 6.92 Å². The van der Waals surface area contributed by atoms with Crippen molar-refractivity contribution in [1.29, 1.82) is 0 Å². The molecular formula is C9H13N3O2. The molecule has 1 aliphatic rings. The first-order valence-corrected chi connectivity index (χ1v) is 4.58. The summed E-state index contributed by atoms with van der Waals surface area (Å²) in [5, 5.41) is 3.08. The van der Waals surface area contributed by atoms with Crippen molar-refractivity contribution < 1.29 is 9.21 Å². The van der Waals surface area contributed by atoms with E-state index in [2.05, 4.69) is 10.3 Å². The Morgan fingerprint density at radius 2 is 2.50 bits per heavy atom. The number of oxazole rings is 1. The normalized spacial score (nSPS) is 21.7. The minimum atomic E-state index is 0.116. The highest BCUT2D eigenvalue weighted by atomic mass is 16.4. The second-order valence-electron chi connectivity index (χ2n) is 3.61. The van der Waals surface area contributed by atoms with Gasteiger partial charge in [-0.3, -0.25) is 4.79 Å². The molecule has 0 saturated carbocycles. The summed E-state index contributed by atoms with van der Waals surface area (Å²) in [5.74, 6) is 0.158. The van der Waals surface area contributed by atoms with Crippen LogP contribution in [0.5, 0.6) is 0 Å².